The maximum atomic E-state index is 12.1. The molecule has 0 unspecified atom stereocenters. The second-order valence-corrected chi connectivity index (χ2v) is 2.91. The summed E-state index contributed by atoms with van der Waals surface area (Å²) in [4.78, 5) is 10.8. The maximum Gasteiger partial charge on any atom is 0.403 e. The van der Waals surface area contributed by atoms with Crippen LogP contribution in [0.15, 0.2) is 0 Å². The SMILES string of the molecule is COC(=O)[C@@H]1CC[C@@H](C(F)(F)F)N1. The molecule has 2 atom stereocenters. The fraction of sp³-hybridized carbons (Fsp3) is 0.857. The third-order valence-electron chi connectivity index (χ3n) is 2.03. The minimum Gasteiger partial charge on any atom is -0.468 e. The number of nitrogens with one attached hydrogen (secondary N) is 1. The summed E-state index contributed by atoms with van der Waals surface area (Å²) in [7, 11) is 1.16. The summed E-state index contributed by atoms with van der Waals surface area (Å²) < 4.78 is 40.6. The molecule has 0 spiro atoms. The number of ether oxygens (including phenoxy) is 1. The van der Waals surface area contributed by atoms with Gasteiger partial charge in [-0.25, -0.2) is 0 Å². The Kier molecular flexibility index (Phi) is 2.80. The number of methoxy groups -OCH3 is 1. The van der Waals surface area contributed by atoms with E-state index < -0.39 is 24.2 Å². The summed E-state index contributed by atoms with van der Waals surface area (Å²) in [6.07, 6.45) is -4.16. The Labute approximate surface area is 73.2 Å². The number of carbonyl (C=O) groups excluding carboxylic acids is 1. The minimum absolute atomic E-state index is 0.0662. The molecule has 1 aliphatic heterocycles. The van der Waals surface area contributed by atoms with Crippen LogP contribution >= 0.6 is 0 Å². The van der Waals surface area contributed by atoms with E-state index in [1.807, 2.05) is 0 Å². The van der Waals surface area contributed by atoms with Crippen LogP contribution < -0.4 is 5.32 Å². The molecule has 0 amide bonds. The normalized spacial score (nSPS) is 28.9. The van der Waals surface area contributed by atoms with Gasteiger partial charge < -0.3 is 4.74 Å². The van der Waals surface area contributed by atoms with Gasteiger partial charge in [-0.05, 0) is 12.8 Å². The van der Waals surface area contributed by atoms with Crippen molar-refractivity contribution in [1.29, 1.82) is 0 Å². The van der Waals surface area contributed by atoms with Crippen LogP contribution in [0, 0.1) is 0 Å². The largest absolute Gasteiger partial charge is 0.468 e. The average Bonchev–Trinajstić information content (AvgIpc) is 2.50. The van der Waals surface area contributed by atoms with Crippen molar-refractivity contribution in [3.05, 3.63) is 0 Å². The van der Waals surface area contributed by atoms with Gasteiger partial charge in [0.15, 0.2) is 0 Å². The van der Waals surface area contributed by atoms with E-state index >= 15 is 0 Å². The smallest absolute Gasteiger partial charge is 0.403 e. The van der Waals surface area contributed by atoms with Gasteiger partial charge in [-0.2, -0.15) is 13.2 Å². The summed E-state index contributed by atoms with van der Waals surface area (Å²) in [5.41, 5.74) is 0. The zero-order valence-electron chi connectivity index (χ0n) is 7.02. The fourth-order valence-electron chi connectivity index (χ4n) is 1.33. The number of alkyl halides is 3. The number of carbonyl (C=O) groups is 1. The summed E-state index contributed by atoms with van der Waals surface area (Å²) in [6, 6.07) is -2.38. The van der Waals surface area contributed by atoms with Gasteiger partial charge in [0, 0.05) is 0 Å². The molecule has 1 rings (SSSR count). The van der Waals surface area contributed by atoms with Crippen LogP contribution in [0.25, 0.3) is 0 Å². The van der Waals surface area contributed by atoms with Crippen LogP contribution in [0.4, 0.5) is 13.2 Å². The van der Waals surface area contributed by atoms with Crippen molar-refractivity contribution in [3.63, 3.8) is 0 Å². The molecule has 0 saturated carbocycles. The Morgan fingerprint density at radius 2 is 2.08 bits per heavy atom. The molecular weight excluding hydrogens is 187 g/mol. The monoisotopic (exact) mass is 197 g/mol. The molecule has 0 aromatic rings. The second-order valence-electron chi connectivity index (χ2n) is 2.91. The Balaban J connectivity index is 2.50. The number of halogens is 3. The zero-order chi connectivity index (χ0) is 10.1. The van der Waals surface area contributed by atoms with E-state index in [0.29, 0.717) is 0 Å². The number of rotatable bonds is 1. The van der Waals surface area contributed by atoms with E-state index in [1.165, 1.54) is 0 Å². The molecule has 0 aromatic carbocycles. The molecule has 0 radical (unpaired) electrons. The predicted octanol–water partition coefficient (Wildman–Crippen LogP) is 0.842. The van der Waals surface area contributed by atoms with Crippen LogP contribution in [-0.2, 0) is 9.53 Å². The van der Waals surface area contributed by atoms with Gasteiger partial charge in [0.05, 0.1) is 7.11 Å². The molecule has 1 heterocycles. The molecule has 6 heteroatoms. The number of hydrogen-bond acceptors (Lipinski definition) is 3. The summed E-state index contributed by atoms with van der Waals surface area (Å²) >= 11 is 0. The first-order valence-corrected chi connectivity index (χ1v) is 3.85. The van der Waals surface area contributed by atoms with E-state index in [2.05, 4.69) is 10.1 Å². The molecule has 0 aliphatic carbocycles. The molecule has 1 fully saturated rings. The lowest BCUT2D eigenvalue weighted by atomic mass is 10.2. The molecule has 0 aromatic heterocycles. The van der Waals surface area contributed by atoms with Gasteiger partial charge in [0.2, 0.25) is 0 Å². The molecule has 1 N–H and O–H groups in total. The quantitative estimate of drug-likeness (QED) is 0.633. The highest BCUT2D eigenvalue weighted by atomic mass is 19.4. The van der Waals surface area contributed by atoms with Gasteiger partial charge in [-0.3, -0.25) is 10.1 Å². The first-order valence-electron chi connectivity index (χ1n) is 3.85. The first-order chi connectivity index (χ1) is 5.95. The van der Waals surface area contributed by atoms with Gasteiger partial charge in [0.25, 0.3) is 0 Å². The van der Waals surface area contributed by atoms with E-state index in [4.69, 9.17) is 0 Å². The van der Waals surface area contributed by atoms with Crippen molar-refractivity contribution in [1.82, 2.24) is 5.32 Å². The Morgan fingerprint density at radius 3 is 2.46 bits per heavy atom. The fourth-order valence-corrected chi connectivity index (χ4v) is 1.33. The van der Waals surface area contributed by atoms with Crippen LogP contribution in [0.2, 0.25) is 0 Å². The highest BCUT2D eigenvalue weighted by molar-refractivity contribution is 5.76. The van der Waals surface area contributed by atoms with Crippen LogP contribution in [-0.4, -0.2) is 31.3 Å². The minimum atomic E-state index is -4.28. The standard InChI is InChI=1S/C7H10F3NO2/c1-13-6(12)4-2-3-5(11-4)7(8,9)10/h4-5,11H,2-3H2,1H3/t4-,5-/m0/s1. The predicted molar refractivity (Wildman–Crippen MR) is 38.0 cm³/mol. The van der Waals surface area contributed by atoms with Crippen molar-refractivity contribution in [2.75, 3.05) is 7.11 Å². The van der Waals surface area contributed by atoms with E-state index in [9.17, 15) is 18.0 Å². The van der Waals surface area contributed by atoms with Crippen molar-refractivity contribution < 1.29 is 22.7 Å². The molecule has 76 valence electrons. The maximum absolute atomic E-state index is 12.1. The second kappa shape index (κ2) is 3.53. The van der Waals surface area contributed by atoms with Crippen LogP contribution in [0.1, 0.15) is 12.8 Å². The highest BCUT2D eigenvalue weighted by Crippen LogP contribution is 2.28. The van der Waals surface area contributed by atoms with Crippen molar-refractivity contribution >= 4 is 5.97 Å². The van der Waals surface area contributed by atoms with Gasteiger partial charge in [0.1, 0.15) is 12.1 Å². The van der Waals surface area contributed by atoms with Gasteiger partial charge in [-0.15, -0.1) is 0 Å². The van der Waals surface area contributed by atoms with Crippen LogP contribution in [0.3, 0.4) is 0 Å². The molecule has 1 aliphatic rings. The topological polar surface area (TPSA) is 38.3 Å². The Morgan fingerprint density at radius 1 is 1.46 bits per heavy atom. The number of hydrogen-bond donors (Lipinski definition) is 1. The van der Waals surface area contributed by atoms with Crippen molar-refractivity contribution in [2.45, 2.75) is 31.1 Å². The zero-order valence-corrected chi connectivity index (χ0v) is 7.02. The molecular formula is C7H10F3NO2. The number of esters is 1. The third kappa shape index (κ3) is 2.33. The lowest BCUT2D eigenvalue weighted by Gasteiger charge is -2.15. The van der Waals surface area contributed by atoms with Gasteiger partial charge >= 0.3 is 12.1 Å². The summed E-state index contributed by atoms with van der Waals surface area (Å²) in [6.45, 7) is 0. The van der Waals surface area contributed by atoms with E-state index in [1.54, 1.807) is 0 Å². The first kappa shape index (κ1) is 10.3. The van der Waals surface area contributed by atoms with Crippen molar-refractivity contribution in [3.8, 4) is 0 Å². The van der Waals surface area contributed by atoms with Crippen LogP contribution in [0.5, 0.6) is 0 Å². The van der Waals surface area contributed by atoms with E-state index in [0.717, 1.165) is 7.11 Å². The average molecular weight is 197 g/mol. The van der Waals surface area contributed by atoms with Crippen molar-refractivity contribution in [2.24, 2.45) is 0 Å². The molecule has 3 nitrogen and oxygen atoms in total. The highest BCUT2D eigenvalue weighted by Gasteiger charge is 2.45. The Hall–Kier alpha value is -0.780. The third-order valence-corrected chi connectivity index (χ3v) is 2.03. The molecule has 13 heavy (non-hydrogen) atoms. The molecule has 1 saturated heterocycles. The van der Waals surface area contributed by atoms with Gasteiger partial charge in [-0.1, -0.05) is 0 Å². The van der Waals surface area contributed by atoms with E-state index in [-0.39, 0.29) is 12.8 Å². The summed E-state index contributed by atoms with van der Waals surface area (Å²) in [5, 5.41) is 2.18. The molecule has 0 bridgehead atoms. The lowest BCUT2D eigenvalue weighted by molar-refractivity contribution is -0.155. The summed E-state index contributed by atoms with van der Waals surface area (Å²) in [5.74, 6) is -0.633. The Bertz CT molecular complexity index is 204. The lowest BCUT2D eigenvalue weighted by Crippen LogP contribution is -2.43.